The maximum atomic E-state index is 5.23. The van der Waals surface area contributed by atoms with E-state index in [-0.39, 0.29) is 0 Å². The number of nitrogens with zero attached hydrogens (tertiary/aromatic N) is 4. The van der Waals surface area contributed by atoms with Crippen molar-refractivity contribution in [3.05, 3.63) is 191 Å². The molecule has 0 N–H and O–H groups in total. The Balaban J connectivity index is 1.35. The number of rotatable bonds is 8. The van der Waals surface area contributed by atoms with Crippen molar-refractivity contribution in [1.82, 2.24) is 9.97 Å². The van der Waals surface area contributed by atoms with Crippen LogP contribution in [0.4, 0.5) is 34.3 Å². The van der Waals surface area contributed by atoms with Gasteiger partial charge in [-0.05, 0) is 123 Å². The summed E-state index contributed by atoms with van der Waals surface area (Å²) in [7, 11) is 0. The lowest BCUT2D eigenvalue weighted by Crippen LogP contribution is -2.17. The van der Waals surface area contributed by atoms with E-state index in [0.717, 1.165) is 45.0 Å². The summed E-state index contributed by atoms with van der Waals surface area (Å²) < 4.78 is 0. The predicted octanol–water partition coefficient (Wildman–Crippen LogP) is 13.8. The van der Waals surface area contributed by atoms with Crippen LogP contribution in [0, 0.1) is 41.5 Å². The Morgan fingerprint density at radius 1 is 0.426 bits per heavy atom. The smallest absolute Gasteiger partial charge is 0.161 e. The average Bonchev–Trinajstić information content (AvgIpc) is 3.17. The number of aromatic nitrogens is 2. The third-order valence-corrected chi connectivity index (χ3v) is 10.2. The molecule has 0 radical (unpaired) electrons. The fourth-order valence-corrected chi connectivity index (χ4v) is 8.03. The molecule has 4 heteroatoms. The van der Waals surface area contributed by atoms with Crippen LogP contribution in [0.3, 0.4) is 0 Å². The van der Waals surface area contributed by atoms with E-state index in [1.54, 1.807) is 0 Å². The molecule has 1 aromatic heterocycles. The van der Waals surface area contributed by atoms with Crippen molar-refractivity contribution in [2.24, 2.45) is 0 Å². The quantitative estimate of drug-likeness (QED) is 0.158. The van der Waals surface area contributed by atoms with E-state index in [0.29, 0.717) is 5.82 Å². The van der Waals surface area contributed by atoms with Crippen molar-refractivity contribution in [2.75, 3.05) is 9.80 Å². The number of anilines is 6. The van der Waals surface area contributed by atoms with Crippen LogP contribution in [0.1, 0.15) is 33.4 Å². The minimum Gasteiger partial charge on any atom is -0.309 e. The van der Waals surface area contributed by atoms with Crippen LogP contribution < -0.4 is 9.80 Å². The summed E-state index contributed by atoms with van der Waals surface area (Å²) in [6.45, 7) is 13.2. The Bertz CT molecular complexity index is 2510. The second-order valence-corrected chi connectivity index (χ2v) is 14.4. The lowest BCUT2D eigenvalue weighted by atomic mass is 9.97. The molecule has 0 saturated carbocycles. The van der Waals surface area contributed by atoms with Crippen LogP contribution in [0.5, 0.6) is 0 Å². The molecule has 0 aliphatic carbocycles. The average molecular weight is 701 g/mol. The fourth-order valence-electron chi connectivity index (χ4n) is 8.03. The molecule has 0 fully saturated rings. The Morgan fingerprint density at radius 2 is 0.889 bits per heavy atom. The molecule has 0 atom stereocenters. The van der Waals surface area contributed by atoms with E-state index in [2.05, 4.69) is 179 Å². The molecule has 8 rings (SSSR count). The van der Waals surface area contributed by atoms with Gasteiger partial charge in [0, 0.05) is 28.7 Å². The molecule has 0 bridgehead atoms. The normalized spacial score (nSPS) is 11.1. The van der Waals surface area contributed by atoms with E-state index in [1.165, 1.54) is 50.1 Å². The monoisotopic (exact) mass is 700 g/mol. The van der Waals surface area contributed by atoms with Crippen molar-refractivity contribution in [3.8, 4) is 22.5 Å². The van der Waals surface area contributed by atoms with Gasteiger partial charge in [-0.2, -0.15) is 0 Å². The Kier molecular flexibility index (Phi) is 9.27. The van der Waals surface area contributed by atoms with Crippen molar-refractivity contribution in [1.29, 1.82) is 0 Å². The van der Waals surface area contributed by atoms with Crippen molar-refractivity contribution < 1.29 is 0 Å². The first-order chi connectivity index (χ1) is 26.2. The zero-order valence-electron chi connectivity index (χ0n) is 31.8. The first-order valence-corrected chi connectivity index (χ1v) is 18.6. The highest BCUT2D eigenvalue weighted by Crippen LogP contribution is 2.46. The van der Waals surface area contributed by atoms with E-state index in [4.69, 9.17) is 9.97 Å². The van der Waals surface area contributed by atoms with Gasteiger partial charge in [-0.3, -0.25) is 4.90 Å². The van der Waals surface area contributed by atoms with Gasteiger partial charge in [0.2, 0.25) is 0 Å². The lowest BCUT2D eigenvalue weighted by Gasteiger charge is -2.33. The van der Waals surface area contributed by atoms with Crippen LogP contribution in [0.2, 0.25) is 0 Å². The third-order valence-electron chi connectivity index (χ3n) is 10.2. The van der Waals surface area contributed by atoms with Crippen molar-refractivity contribution >= 4 is 45.0 Å². The summed E-state index contributed by atoms with van der Waals surface area (Å²) in [5.74, 6) is 1.47. The molecule has 54 heavy (non-hydrogen) atoms. The lowest BCUT2D eigenvalue weighted by molar-refractivity contribution is 1.12. The SMILES string of the molecule is Cc1cc(C)c(N(c2ccc(N(c3ccnc(-c4ccccc4)n3)c3cc4ccccc4cc3-c3ccccc3)cc2)c2c(C)cc(C)cc2C)c(C)c1. The highest BCUT2D eigenvalue weighted by atomic mass is 15.2. The summed E-state index contributed by atoms with van der Waals surface area (Å²) in [5.41, 5.74) is 16.3. The molecular formula is C50H44N4. The summed E-state index contributed by atoms with van der Waals surface area (Å²) in [6.07, 6.45) is 1.86. The highest BCUT2D eigenvalue weighted by molar-refractivity contribution is 5.98. The molecule has 0 amide bonds. The van der Waals surface area contributed by atoms with Gasteiger partial charge in [-0.15, -0.1) is 0 Å². The Hall–Kier alpha value is -6.52. The number of aryl methyl sites for hydroxylation is 6. The summed E-state index contributed by atoms with van der Waals surface area (Å²) in [5, 5.41) is 2.35. The van der Waals surface area contributed by atoms with Crippen LogP contribution >= 0.6 is 0 Å². The number of benzene rings is 7. The van der Waals surface area contributed by atoms with Gasteiger partial charge >= 0.3 is 0 Å². The van der Waals surface area contributed by atoms with Crippen LogP contribution in [-0.4, -0.2) is 9.97 Å². The first-order valence-electron chi connectivity index (χ1n) is 18.6. The van der Waals surface area contributed by atoms with Crippen LogP contribution in [0.15, 0.2) is 158 Å². The van der Waals surface area contributed by atoms with Gasteiger partial charge in [0.25, 0.3) is 0 Å². The number of fused-ring (bicyclic) bond motifs is 1. The highest BCUT2D eigenvalue weighted by Gasteiger charge is 2.24. The van der Waals surface area contributed by atoms with Gasteiger partial charge in [0.1, 0.15) is 5.82 Å². The summed E-state index contributed by atoms with van der Waals surface area (Å²) >= 11 is 0. The van der Waals surface area contributed by atoms with E-state index < -0.39 is 0 Å². The molecule has 8 aromatic rings. The predicted molar refractivity (Wildman–Crippen MR) is 228 cm³/mol. The molecule has 0 aliphatic rings. The van der Waals surface area contributed by atoms with Crippen LogP contribution in [-0.2, 0) is 0 Å². The Labute approximate surface area is 319 Å². The number of hydrogen-bond acceptors (Lipinski definition) is 4. The largest absolute Gasteiger partial charge is 0.309 e. The molecule has 1 heterocycles. The first kappa shape index (κ1) is 34.6. The molecule has 0 spiro atoms. The maximum Gasteiger partial charge on any atom is 0.161 e. The second-order valence-electron chi connectivity index (χ2n) is 14.4. The minimum absolute atomic E-state index is 0.679. The molecular weight excluding hydrogens is 657 g/mol. The number of hydrogen-bond donors (Lipinski definition) is 0. The van der Waals surface area contributed by atoms with Crippen LogP contribution in [0.25, 0.3) is 33.3 Å². The molecule has 0 saturated heterocycles. The minimum atomic E-state index is 0.679. The summed E-state index contributed by atoms with van der Waals surface area (Å²) in [4.78, 5) is 14.7. The van der Waals surface area contributed by atoms with E-state index >= 15 is 0 Å². The molecule has 0 unspecified atom stereocenters. The standard InChI is InChI=1S/C50H44N4/c1-33-27-35(3)48(36(4)28-33)54(49-37(5)29-34(2)30-38(49)6)44-23-21-43(22-24-44)53(47-25-26-51-50(52-47)40-17-11-8-12-18-40)46-32-42-20-14-13-19-41(42)31-45(46)39-15-9-7-10-16-39/h7-32H,1-6H3. The zero-order chi connectivity index (χ0) is 37.3. The van der Waals surface area contributed by atoms with Gasteiger partial charge in [-0.1, -0.05) is 120 Å². The summed E-state index contributed by atoms with van der Waals surface area (Å²) in [6, 6.07) is 54.1. The topological polar surface area (TPSA) is 32.3 Å². The van der Waals surface area contributed by atoms with Gasteiger partial charge < -0.3 is 4.90 Å². The van der Waals surface area contributed by atoms with E-state index in [9.17, 15) is 0 Å². The van der Waals surface area contributed by atoms with Crippen molar-refractivity contribution in [2.45, 2.75) is 41.5 Å². The molecule has 7 aromatic carbocycles. The van der Waals surface area contributed by atoms with Gasteiger partial charge in [-0.25, -0.2) is 9.97 Å². The molecule has 4 nitrogen and oxygen atoms in total. The second kappa shape index (κ2) is 14.5. The molecule has 264 valence electrons. The van der Waals surface area contributed by atoms with E-state index in [1.807, 2.05) is 30.5 Å². The Morgan fingerprint density at radius 3 is 1.43 bits per heavy atom. The third kappa shape index (κ3) is 6.63. The van der Waals surface area contributed by atoms with Crippen molar-refractivity contribution in [3.63, 3.8) is 0 Å². The molecule has 0 aliphatic heterocycles. The van der Waals surface area contributed by atoms with Gasteiger partial charge in [0.05, 0.1) is 17.1 Å². The fraction of sp³-hybridized carbons (Fsp3) is 0.120. The van der Waals surface area contributed by atoms with Gasteiger partial charge in [0.15, 0.2) is 5.82 Å². The zero-order valence-corrected chi connectivity index (χ0v) is 31.8. The maximum absolute atomic E-state index is 5.23.